The lowest BCUT2D eigenvalue weighted by molar-refractivity contribution is -0.154. The summed E-state index contributed by atoms with van der Waals surface area (Å²) in [7, 11) is 0. The molecule has 2 heterocycles. The number of pyridine rings is 2. The van der Waals surface area contributed by atoms with Gasteiger partial charge in [0.2, 0.25) is 5.88 Å². The molecule has 0 aliphatic heterocycles. The van der Waals surface area contributed by atoms with E-state index in [1.807, 2.05) is 0 Å². The van der Waals surface area contributed by atoms with Crippen molar-refractivity contribution in [3.8, 4) is 5.88 Å². The Morgan fingerprint density at radius 1 is 1.25 bits per heavy atom. The van der Waals surface area contributed by atoms with E-state index in [0.29, 0.717) is 5.69 Å². The van der Waals surface area contributed by atoms with Crippen LogP contribution in [0.25, 0.3) is 0 Å². The van der Waals surface area contributed by atoms with E-state index >= 15 is 0 Å². The fourth-order valence-corrected chi connectivity index (χ4v) is 1.79. The van der Waals surface area contributed by atoms with Crippen molar-refractivity contribution in [1.82, 2.24) is 15.3 Å². The van der Waals surface area contributed by atoms with Gasteiger partial charge in [0.1, 0.15) is 0 Å². The van der Waals surface area contributed by atoms with E-state index in [1.54, 1.807) is 31.5 Å². The van der Waals surface area contributed by atoms with Gasteiger partial charge in [0.25, 0.3) is 0 Å². The van der Waals surface area contributed by atoms with Gasteiger partial charge in [-0.2, -0.15) is 13.2 Å². The number of carbonyl (C=O) groups excluding carboxylic acids is 1. The Morgan fingerprint density at radius 3 is 2.54 bits per heavy atom. The summed E-state index contributed by atoms with van der Waals surface area (Å²) in [6, 6.07) is 5.49. The molecule has 2 aromatic heterocycles. The third-order valence-electron chi connectivity index (χ3n) is 2.93. The topological polar surface area (TPSA) is 76.1 Å². The van der Waals surface area contributed by atoms with Crippen LogP contribution in [0, 0.1) is 0 Å². The van der Waals surface area contributed by atoms with Crippen molar-refractivity contribution in [1.29, 1.82) is 0 Å². The molecule has 24 heavy (non-hydrogen) atoms. The van der Waals surface area contributed by atoms with Gasteiger partial charge in [-0.1, -0.05) is 0 Å². The zero-order valence-electron chi connectivity index (χ0n) is 12.7. The van der Waals surface area contributed by atoms with Gasteiger partial charge in [0.05, 0.1) is 17.9 Å². The SMILES string of the molecule is C[C@H](NC(=O)Nc1ccc(OCC(F)(F)F)nc1)c1ccncc1. The van der Waals surface area contributed by atoms with Crippen molar-refractivity contribution >= 4 is 11.7 Å². The van der Waals surface area contributed by atoms with E-state index in [1.165, 1.54) is 18.3 Å². The summed E-state index contributed by atoms with van der Waals surface area (Å²) < 4.78 is 40.6. The number of ether oxygens (including phenoxy) is 1. The van der Waals surface area contributed by atoms with Crippen LogP contribution in [0.5, 0.6) is 5.88 Å². The first-order chi connectivity index (χ1) is 11.3. The number of amides is 2. The number of hydrogen-bond acceptors (Lipinski definition) is 4. The first kappa shape index (κ1) is 17.5. The Bertz CT molecular complexity index is 663. The number of nitrogens with one attached hydrogen (secondary N) is 2. The van der Waals surface area contributed by atoms with Gasteiger partial charge in [-0.05, 0) is 30.7 Å². The normalized spacial score (nSPS) is 12.3. The van der Waals surface area contributed by atoms with Crippen LogP contribution >= 0.6 is 0 Å². The minimum absolute atomic E-state index is 0.177. The number of rotatable bonds is 5. The molecule has 0 saturated carbocycles. The van der Waals surface area contributed by atoms with Crippen LogP contribution < -0.4 is 15.4 Å². The van der Waals surface area contributed by atoms with Crippen molar-refractivity contribution in [3.05, 3.63) is 48.4 Å². The predicted octanol–water partition coefficient (Wildman–Crippen LogP) is 3.30. The van der Waals surface area contributed by atoms with Crippen molar-refractivity contribution in [2.75, 3.05) is 11.9 Å². The second kappa shape index (κ2) is 7.62. The number of aromatic nitrogens is 2. The smallest absolute Gasteiger partial charge is 0.422 e. The van der Waals surface area contributed by atoms with Gasteiger partial charge in [-0.15, -0.1) is 0 Å². The van der Waals surface area contributed by atoms with Gasteiger partial charge in [0.15, 0.2) is 6.61 Å². The van der Waals surface area contributed by atoms with E-state index in [9.17, 15) is 18.0 Å². The number of anilines is 1. The highest BCUT2D eigenvalue weighted by molar-refractivity contribution is 5.89. The number of hydrogen-bond donors (Lipinski definition) is 2. The van der Waals surface area contributed by atoms with Gasteiger partial charge < -0.3 is 15.4 Å². The predicted molar refractivity (Wildman–Crippen MR) is 80.6 cm³/mol. The van der Waals surface area contributed by atoms with Crippen LogP contribution in [0.4, 0.5) is 23.7 Å². The van der Waals surface area contributed by atoms with Crippen LogP contribution in [0.1, 0.15) is 18.5 Å². The summed E-state index contributed by atoms with van der Waals surface area (Å²) in [5, 5.41) is 5.25. The second-order valence-electron chi connectivity index (χ2n) is 4.89. The minimum Gasteiger partial charge on any atom is -0.468 e. The molecule has 0 aliphatic rings. The van der Waals surface area contributed by atoms with Gasteiger partial charge >= 0.3 is 12.2 Å². The van der Waals surface area contributed by atoms with Crippen molar-refractivity contribution in [2.24, 2.45) is 0 Å². The zero-order valence-corrected chi connectivity index (χ0v) is 12.7. The maximum atomic E-state index is 12.0. The monoisotopic (exact) mass is 340 g/mol. The molecule has 0 radical (unpaired) electrons. The third kappa shape index (κ3) is 5.75. The molecule has 0 bridgehead atoms. The van der Waals surface area contributed by atoms with Crippen molar-refractivity contribution in [2.45, 2.75) is 19.1 Å². The number of halogens is 3. The van der Waals surface area contributed by atoms with E-state index in [0.717, 1.165) is 5.56 Å². The molecule has 6 nitrogen and oxygen atoms in total. The summed E-state index contributed by atoms with van der Waals surface area (Å²) in [4.78, 5) is 19.5. The van der Waals surface area contributed by atoms with Crippen LogP contribution in [-0.2, 0) is 0 Å². The fourth-order valence-electron chi connectivity index (χ4n) is 1.79. The Kier molecular flexibility index (Phi) is 5.56. The first-order valence-electron chi connectivity index (χ1n) is 6.96. The minimum atomic E-state index is -4.43. The van der Waals surface area contributed by atoms with Gasteiger partial charge in [-0.25, -0.2) is 9.78 Å². The van der Waals surface area contributed by atoms with E-state index in [2.05, 4.69) is 25.3 Å². The molecule has 2 rings (SSSR count). The molecule has 0 fully saturated rings. The van der Waals surface area contributed by atoms with Gasteiger partial charge in [0, 0.05) is 18.5 Å². The molecule has 9 heteroatoms. The average molecular weight is 340 g/mol. The summed E-state index contributed by atoms with van der Waals surface area (Å²) in [5.41, 5.74) is 1.21. The lowest BCUT2D eigenvalue weighted by Crippen LogP contribution is -2.31. The maximum Gasteiger partial charge on any atom is 0.422 e. The third-order valence-corrected chi connectivity index (χ3v) is 2.93. The Labute approximate surface area is 136 Å². The lowest BCUT2D eigenvalue weighted by Gasteiger charge is -2.15. The highest BCUT2D eigenvalue weighted by Crippen LogP contribution is 2.18. The molecule has 2 aromatic rings. The highest BCUT2D eigenvalue weighted by Gasteiger charge is 2.28. The summed E-state index contributed by atoms with van der Waals surface area (Å²) >= 11 is 0. The second-order valence-corrected chi connectivity index (χ2v) is 4.89. The summed E-state index contributed by atoms with van der Waals surface area (Å²) in [5.74, 6) is -0.177. The number of nitrogens with zero attached hydrogens (tertiary/aromatic N) is 2. The van der Waals surface area contributed by atoms with Gasteiger partial charge in [-0.3, -0.25) is 4.98 Å². The molecule has 0 aromatic carbocycles. The molecule has 0 unspecified atom stereocenters. The highest BCUT2D eigenvalue weighted by atomic mass is 19.4. The van der Waals surface area contributed by atoms with Crippen molar-refractivity contribution < 1.29 is 22.7 Å². The maximum absolute atomic E-state index is 12.0. The fraction of sp³-hybridized carbons (Fsp3) is 0.267. The molecule has 128 valence electrons. The lowest BCUT2D eigenvalue weighted by atomic mass is 10.1. The van der Waals surface area contributed by atoms with E-state index < -0.39 is 18.8 Å². The molecular weight excluding hydrogens is 325 g/mol. The molecular formula is C15H15F3N4O2. The van der Waals surface area contributed by atoms with Crippen molar-refractivity contribution in [3.63, 3.8) is 0 Å². The largest absolute Gasteiger partial charge is 0.468 e. The first-order valence-corrected chi connectivity index (χ1v) is 6.96. The van der Waals surface area contributed by atoms with E-state index in [4.69, 9.17) is 0 Å². The molecule has 2 amide bonds. The Morgan fingerprint density at radius 2 is 1.96 bits per heavy atom. The standard InChI is InChI=1S/C15H15F3N4O2/c1-10(11-4-6-19-7-5-11)21-14(23)22-12-2-3-13(20-8-12)24-9-15(16,17)18/h2-8,10H,9H2,1H3,(H2,21,22,23)/t10-/m0/s1. The number of carbonyl (C=O) groups is 1. The molecule has 2 N–H and O–H groups in total. The summed E-state index contributed by atoms with van der Waals surface area (Å²) in [6.45, 7) is 0.387. The zero-order chi connectivity index (χ0) is 17.6. The van der Waals surface area contributed by atoms with E-state index in [-0.39, 0.29) is 11.9 Å². The average Bonchev–Trinajstić information content (AvgIpc) is 2.54. The molecule has 0 spiro atoms. The Balaban J connectivity index is 1.85. The molecule has 0 saturated heterocycles. The molecule has 0 aliphatic carbocycles. The summed E-state index contributed by atoms with van der Waals surface area (Å²) in [6.07, 6.45) is 0.0218. The van der Waals surface area contributed by atoms with Crippen LogP contribution in [0.2, 0.25) is 0 Å². The van der Waals surface area contributed by atoms with Crippen LogP contribution in [0.15, 0.2) is 42.9 Å². The molecule has 1 atom stereocenters. The van der Waals surface area contributed by atoms with Crippen LogP contribution in [-0.4, -0.2) is 28.8 Å². The quantitative estimate of drug-likeness (QED) is 0.876. The number of urea groups is 1. The Hall–Kier alpha value is -2.84. The van der Waals surface area contributed by atoms with Crippen LogP contribution in [0.3, 0.4) is 0 Å². The number of alkyl halides is 3.